The molecule has 1 aromatic heterocycles. The molecule has 24 heavy (non-hydrogen) atoms. The number of carbonyl (C=O) groups excluding carboxylic acids is 2. The average Bonchev–Trinajstić information content (AvgIpc) is 2.87. The summed E-state index contributed by atoms with van der Waals surface area (Å²) in [6.07, 6.45) is 2.12. The van der Waals surface area contributed by atoms with Gasteiger partial charge in [-0.25, -0.2) is 0 Å². The van der Waals surface area contributed by atoms with Gasteiger partial charge in [0.2, 0.25) is 0 Å². The van der Waals surface area contributed by atoms with Crippen LogP contribution in [0.1, 0.15) is 77.0 Å². The normalized spacial score (nSPS) is 12.3. The number of aliphatic hydroxyl groups is 1. The van der Waals surface area contributed by atoms with Crippen LogP contribution in [-0.2, 0) is 16.8 Å². The molecule has 0 unspecified atom stereocenters. The lowest BCUT2D eigenvalue weighted by Crippen LogP contribution is -2.46. The maximum Gasteiger partial charge on any atom is 0.270 e. The predicted molar refractivity (Wildman–Crippen MR) is 94.1 cm³/mol. The van der Waals surface area contributed by atoms with Crippen molar-refractivity contribution in [2.45, 2.75) is 78.3 Å². The number of nitrogens with zero attached hydrogens (tertiary/aromatic N) is 2. The second kappa shape index (κ2) is 7.92. The molecule has 2 N–H and O–H groups in total. The van der Waals surface area contributed by atoms with Crippen molar-refractivity contribution in [1.82, 2.24) is 15.1 Å². The first-order chi connectivity index (χ1) is 11.0. The van der Waals surface area contributed by atoms with Crippen molar-refractivity contribution < 1.29 is 14.7 Å². The number of nitrogens with one attached hydrogen (secondary N) is 1. The van der Waals surface area contributed by atoms with E-state index in [0.717, 1.165) is 18.5 Å². The zero-order valence-electron chi connectivity index (χ0n) is 15.8. The van der Waals surface area contributed by atoms with Crippen molar-refractivity contribution >= 4 is 11.7 Å². The molecule has 0 saturated carbocycles. The van der Waals surface area contributed by atoms with Gasteiger partial charge in [0.15, 0.2) is 0 Å². The van der Waals surface area contributed by atoms with E-state index in [1.807, 2.05) is 6.07 Å². The highest BCUT2D eigenvalue weighted by Gasteiger charge is 2.26. The van der Waals surface area contributed by atoms with Crippen molar-refractivity contribution in [3.05, 3.63) is 17.5 Å². The maximum absolute atomic E-state index is 12.6. The Morgan fingerprint density at radius 3 is 2.33 bits per heavy atom. The van der Waals surface area contributed by atoms with Gasteiger partial charge in [0.25, 0.3) is 5.91 Å². The van der Waals surface area contributed by atoms with Gasteiger partial charge in [-0.1, -0.05) is 20.8 Å². The second-order valence-electron chi connectivity index (χ2n) is 8.04. The Labute approximate surface area is 144 Å². The van der Waals surface area contributed by atoms with Crippen LogP contribution in [0.4, 0.5) is 0 Å². The summed E-state index contributed by atoms with van der Waals surface area (Å²) in [5.74, 6) is -0.0721. The Hall–Kier alpha value is -1.69. The van der Waals surface area contributed by atoms with Crippen LogP contribution in [0.3, 0.4) is 0 Å². The number of aliphatic hydroxyl groups excluding tert-OH is 1. The monoisotopic (exact) mass is 337 g/mol. The van der Waals surface area contributed by atoms with Crippen LogP contribution in [0.25, 0.3) is 0 Å². The second-order valence-corrected chi connectivity index (χ2v) is 8.04. The average molecular weight is 337 g/mol. The topological polar surface area (TPSA) is 84.2 Å². The molecular formula is C18H31N3O3. The molecule has 0 aliphatic carbocycles. The highest BCUT2D eigenvalue weighted by atomic mass is 16.3. The van der Waals surface area contributed by atoms with Gasteiger partial charge in [-0.05, 0) is 39.7 Å². The van der Waals surface area contributed by atoms with Gasteiger partial charge in [0, 0.05) is 18.4 Å². The van der Waals surface area contributed by atoms with Crippen LogP contribution in [0, 0.1) is 0 Å². The molecule has 0 bridgehead atoms. The summed E-state index contributed by atoms with van der Waals surface area (Å²) in [5.41, 5.74) is 0.486. The van der Waals surface area contributed by atoms with E-state index < -0.39 is 5.54 Å². The summed E-state index contributed by atoms with van der Waals surface area (Å²) >= 11 is 0. The number of aryl methyl sites for hydroxylation is 1. The van der Waals surface area contributed by atoms with Crippen molar-refractivity contribution in [3.8, 4) is 0 Å². The molecule has 6 nitrogen and oxygen atoms in total. The molecule has 1 rings (SSSR count). The Bertz CT molecular complexity index is 583. The molecule has 1 amide bonds. The van der Waals surface area contributed by atoms with E-state index in [-0.39, 0.29) is 23.7 Å². The van der Waals surface area contributed by atoms with Gasteiger partial charge in [0.05, 0.1) is 17.8 Å². The Morgan fingerprint density at radius 1 is 1.21 bits per heavy atom. The van der Waals surface area contributed by atoms with Gasteiger partial charge in [-0.2, -0.15) is 5.10 Å². The standard InChI is InChI=1S/C18H31N3O3/c1-13(23)9-7-8-10-21-14(11-15(20-21)17(2,3)4)16(24)19-18(5,6)12-22/h11,22H,7-10,12H2,1-6H3,(H,19,24). The molecule has 1 aromatic rings. The van der Waals surface area contributed by atoms with Crippen LogP contribution < -0.4 is 5.32 Å². The van der Waals surface area contributed by atoms with E-state index in [4.69, 9.17) is 0 Å². The summed E-state index contributed by atoms with van der Waals surface area (Å²) in [6, 6.07) is 1.81. The van der Waals surface area contributed by atoms with Crippen LogP contribution in [0.5, 0.6) is 0 Å². The fraction of sp³-hybridized carbons (Fsp3) is 0.722. The molecule has 136 valence electrons. The molecule has 0 aromatic carbocycles. The first kappa shape index (κ1) is 20.4. The molecular weight excluding hydrogens is 306 g/mol. The predicted octanol–water partition coefficient (Wildman–Crippen LogP) is 2.44. The molecule has 0 saturated heterocycles. The van der Waals surface area contributed by atoms with E-state index >= 15 is 0 Å². The maximum atomic E-state index is 12.6. The SMILES string of the molecule is CC(=O)CCCCn1nc(C(C)(C)C)cc1C(=O)NC(C)(C)CO. The summed E-state index contributed by atoms with van der Waals surface area (Å²) < 4.78 is 1.71. The Kier molecular flexibility index (Phi) is 6.72. The van der Waals surface area contributed by atoms with Gasteiger partial charge in [0.1, 0.15) is 11.5 Å². The first-order valence-corrected chi connectivity index (χ1v) is 8.47. The van der Waals surface area contributed by atoms with Crippen molar-refractivity contribution in [3.63, 3.8) is 0 Å². The van der Waals surface area contributed by atoms with E-state index in [0.29, 0.717) is 18.7 Å². The first-order valence-electron chi connectivity index (χ1n) is 8.47. The quantitative estimate of drug-likeness (QED) is 0.714. The smallest absolute Gasteiger partial charge is 0.270 e. The molecule has 1 heterocycles. The number of hydrogen-bond donors (Lipinski definition) is 2. The molecule has 0 radical (unpaired) electrons. The molecule has 0 atom stereocenters. The van der Waals surface area contributed by atoms with Gasteiger partial charge < -0.3 is 15.2 Å². The number of ketones is 1. The van der Waals surface area contributed by atoms with E-state index in [9.17, 15) is 14.7 Å². The molecule has 0 aliphatic rings. The number of hydrogen-bond acceptors (Lipinski definition) is 4. The third-order valence-corrected chi connectivity index (χ3v) is 3.78. The van der Waals surface area contributed by atoms with Gasteiger partial charge >= 0.3 is 0 Å². The third kappa shape index (κ3) is 6.07. The van der Waals surface area contributed by atoms with Crippen molar-refractivity contribution in [1.29, 1.82) is 0 Å². The van der Waals surface area contributed by atoms with E-state index in [2.05, 4.69) is 31.2 Å². The fourth-order valence-electron chi connectivity index (χ4n) is 2.18. The zero-order chi connectivity index (χ0) is 18.5. The number of carbonyl (C=O) groups is 2. The third-order valence-electron chi connectivity index (χ3n) is 3.78. The van der Waals surface area contributed by atoms with Gasteiger partial charge in [-0.15, -0.1) is 0 Å². The Morgan fingerprint density at radius 2 is 1.83 bits per heavy atom. The van der Waals surface area contributed by atoms with Crippen LogP contribution in [0.15, 0.2) is 6.07 Å². The zero-order valence-corrected chi connectivity index (χ0v) is 15.8. The van der Waals surface area contributed by atoms with Crippen LogP contribution in [0.2, 0.25) is 0 Å². The minimum absolute atomic E-state index is 0.141. The number of aromatic nitrogens is 2. The largest absolute Gasteiger partial charge is 0.394 e. The molecule has 6 heteroatoms. The van der Waals surface area contributed by atoms with Crippen molar-refractivity contribution in [2.75, 3.05) is 6.61 Å². The lowest BCUT2D eigenvalue weighted by molar-refractivity contribution is -0.117. The van der Waals surface area contributed by atoms with Crippen LogP contribution >= 0.6 is 0 Å². The molecule has 0 spiro atoms. The number of rotatable bonds is 8. The van der Waals surface area contributed by atoms with E-state index in [1.165, 1.54) is 0 Å². The number of amides is 1. The number of Topliss-reactive ketones (excluding diaryl/α,β-unsaturated/α-hetero) is 1. The lowest BCUT2D eigenvalue weighted by Gasteiger charge is -2.23. The fourth-order valence-corrected chi connectivity index (χ4v) is 2.18. The summed E-state index contributed by atoms with van der Waals surface area (Å²) in [4.78, 5) is 23.6. The highest BCUT2D eigenvalue weighted by molar-refractivity contribution is 5.93. The summed E-state index contributed by atoms with van der Waals surface area (Å²) in [5, 5.41) is 16.8. The Balaban J connectivity index is 2.96. The molecule has 0 aliphatic heterocycles. The van der Waals surface area contributed by atoms with Crippen LogP contribution in [-0.4, -0.2) is 38.7 Å². The minimum atomic E-state index is -0.692. The van der Waals surface area contributed by atoms with E-state index in [1.54, 1.807) is 25.5 Å². The van der Waals surface area contributed by atoms with Crippen molar-refractivity contribution in [2.24, 2.45) is 0 Å². The highest BCUT2D eigenvalue weighted by Crippen LogP contribution is 2.22. The molecule has 0 fully saturated rings. The summed E-state index contributed by atoms with van der Waals surface area (Å²) in [6.45, 7) is 11.7. The number of unbranched alkanes of at least 4 members (excludes halogenated alkanes) is 1. The lowest BCUT2D eigenvalue weighted by atomic mass is 9.92. The minimum Gasteiger partial charge on any atom is -0.394 e. The van der Waals surface area contributed by atoms with Gasteiger partial charge in [-0.3, -0.25) is 9.48 Å². The summed E-state index contributed by atoms with van der Waals surface area (Å²) in [7, 11) is 0.